The molecule has 1 atom stereocenters. The molecular weight excluding hydrogens is 328 g/mol. The number of H-pyrrole nitrogens is 1. The highest BCUT2D eigenvalue weighted by molar-refractivity contribution is 6.30. The van der Waals surface area contributed by atoms with Gasteiger partial charge in [-0.05, 0) is 37.3 Å². The molecule has 0 aliphatic heterocycles. The molecule has 7 heteroatoms. The summed E-state index contributed by atoms with van der Waals surface area (Å²) in [6.45, 7) is 1.66. The predicted molar refractivity (Wildman–Crippen MR) is 92.0 cm³/mol. The number of benzene rings is 1. The average molecular weight is 343 g/mol. The monoisotopic (exact) mass is 342 g/mol. The second kappa shape index (κ2) is 7.14. The molecule has 0 aliphatic rings. The lowest BCUT2D eigenvalue weighted by Gasteiger charge is -2.13. The SMILES string of the molecule is CC(Oc1cccc(Cl)c1)C(=O)Nc1cc(-c2ccncc2)[nH]n1. The number of carbonyl (C=O) groups excluding carboxylic acids is 1. The molecule has 0 spiro atoms. The molecular formula is C17H15ClN4O2. The fraction of sp³-hybridized carbons (Fsp3) is 0.118. The van der Waals surface area contributed by atoms with Crippen LogP contribution in [0.1, 0.15) is 6.92 Å². The molecule has 0 saturated heterocycles. The molecule has 0 fully saturated rings. The van der Waals surface area contributed by atoms with E-state index >= 15 is 0 Å². The van der Waals surface area contributed by atoms with Crippen molar-refractivity contribution in [2.24, 2.45) is 0 Å². The first-order valence-corrected chi connectivity index (χ1v) is 7.68. The van der Waals surface area contributed by atoms with Gasteiger partial charge in [0.1, 0.15) is 5.75 Å². The molecule has 1 aromatic carbocycles. The maximum absolute atomic E-state index is 12.2. The maximum atomic E-state index is 12.2. The van der Waals surface area contributed by atoms with E-state index in [1.54, 1.807) is 49.6 Å². The zero-order chi connectivity index (χ0) is 16.9. The minimum absolute atomic E-state index is 0.303. The van der Waals surface area contributed by atoms with Gasteiger partial charge in [-0.2, -0.15) is 5.10 Å². The van der Waals surface area contributed by atoms with Crippen molar-refractivity contribution in [3.63, 3.8) is 0 Å². The summed E-state index contributed by atoms with van der Waals surface area (Å²) in [6.07, 6.45) is 2.69. The van der Waals surface area contributed by atoms with Gasteiger partial charge in [-0.1, -0.05) is 17.7 Å². The molecule has 122 valence electrons. The van der Waals surface area contributed by atoms with Crippen molar-refractivity contribution >= 4 is 23.3 Å². The largest absolute Gasteiger partial charge is 0.481 e. The van der Waals surface area contributed by atoms with E-state index in [2.05, 4.69) is 20.5 Å². The molecule has 24 heavy (non-hydrogen) atoms. The molecule has 1 unspecified atom stereocenters. The summed E-state index contributed by atoms with van der Waals surface area (Å²) in [4.78, 5) is 16.2. The minimum Gasteiger partial charge on any atom is -0.481 e. The maximum Gasteiger partial charge on any atom is 0.266 e. The van der Waals surface area contributed by atoms with E-state index in [0.29, 0.717) is 16.6 Å². The van der Waals surface area contributed by atoms with Crippen LogP contribution >= 0.6 is 11.6 Å². The summed E-state index contributed by atoms with van der Waals surface area (Å²) >= 11 is 5.90. The van der Waals surface area contributed by atoms with Gasteiger partial charge in [0, 0.05) is 29.0 Å². The van der Waals surface area contributed by atoms with E-state index in [4.69, 9.17) is 16.3 Å². The van der Waals surface area contributed by atoms with Crippen LogP contribution in [0.25, 0.3) is 11.3 Å². The second-order valence-electron chi connectivity index (χ2n) is 5.11. The Hall–Kier alpha value is -2.86. The van der Waals surface area contributed by atoms with E-state index in [-0.39, 0.29) is 5.91 Å². The second-order valence-corrected chi connectivity index (χ2v) is 5.55. The van der Waals surface area contributed by atoms with Crippen LogP contribution in [0, 0.1) is 0 Å². The van der Waals surface area contributed by atoms with Crippen molar-refractivity contribution in [1.29, 1.82) is 0 Å². The van der Waals surface area contributed by atoms with Crippen molar-refractivity contribution < 1.29 is 9.53 Å². The molecule has 3 rings (SSSR count). The number of aromatic nitrogens is 3. The first kappa shape index (κ1) is 16.0. The number of hydrogen-bond acceptors (Lipinski definition) is 4. The first-order valence-electron chi connectivity index (χ1n) is 7.31. The smallest absolute Gasteiger partial charge is 0.266 e. The third kappa shape index (κ3) is 3.91. The Bertz CT molecular complexity index is 835. The van der Waals surface area contributed by atoms with Crippen LogP contribution in [0.3, 0.4) is 0 Å². The highest BCUT2D eigenvalue weighted by Gasteiger charge is 2.16. The van der Waals surface area contributed by atoms with Crippen molar-refractivity contribution in [2.75, 3.05) is 5.32 Å². The Morgan fingerprint density at radius 1 is 1.25 bits per heavy atom. The number of anilines is 1. The van der Waals surface area contributed by atoms with Gasteiger partial charge < -0.3 is 10.1 Å². The molecule has 0 saturated carbocycles. The van der Waals surface area contributed by atoms with Gasteiger partial charge in [-0.15, -0.1) is 0 Å². The van der Waals surface area contributed by atoms with Crippen LogP contribution in [-0.2, 0) is 4.79 Å². The molecule has 2 aromatic heterocycles. The van der Waals surface area contributed by atoms with Crippen molar-refractivity contribution in [3.05, 3.63) is 59.9 Å². The minimum atomic E-state index is -0.690. The van der Waals surface area contributed by atoms with E-state index in [1.807, 2.05) is 12.1 Å². The summed E-state index contributed by atoms with van der Waals surface area (Å²) in [6, 6.07) is 12.3. The number of amides is 1. The van der Waals surface area contributed by atoms with Crippen LogP contribution in [0.4, 0.5) is 5.82 Å². The van der Waals surface area contributed by atoms with Crippen LogP contribution in [0.15, 0.2) is 54.9 Å². The van der Waals surface area contributed by atoms with Gasteiger partial charge in [0.15, 0.2) is 11.9 Å². The van der Waals surface area contributed by atoms with Crippen LogP contribution < -0.4 is 10.1 Å². The van der Waals surface area contributed by atoms with Crippen molar-refractivity contribution in [3.8, 4) is 17.0 Å². The Labute approximate surface area is 143 Å². The van der Waals surface area contributed by atoms with Crippen LogP contribution in [0.5, 0.6) is 5.75 Å². The molecule has 1 amide bonds. The normalized spacial score (nSPS) is 11.8. The quantitative estimate of drug-likeness (QED) is 0.743. The van der Waals surface area contributed by atoms with E-state index in [0.717, 1.165) is 11.3 Å². The van der Waals surface area contributed by atoms with Crippen LogP contribution in [0.2, 0.25) is 5.02 Å². The Kier molecular flexibility index (Phi) is 4.77. The van der Waals surface area contributed by atoms with E-state index < -0.39 is 6.10 Å². The zero-order valence-corrected chi connectivity index (χ0v) is 13.6. The van der Waals surface area contributed by atoms with E-state index in [9.17, 15) is 4.79 Å². The molecule has 6 nitrogen and oxygen atoms in total. The van der Waals surface area contributed by atoms with Crippen LogP contribution in [-0.4, -0.2) is 27.2 Å². The molecule has 2 N–H and O–H groups in total. The number of halogens is 1. The Morgan fingerprint density at radius 3 is 2.79 bits per heavy atom. The molecule has 0 aliphatic carbocycles. The van der Waals surface area contributed by atoms with Crippen molar-refractivity contribution in [1.82, 2.24) is 15.2 Å². The number of rotatable bonds is 5. The summed E-state index contributed by atoms with van der Waals surface area (Å²) in [5.41, 5.74) is 1.72. The predicted octanol–water partition coefficient (Wildman–Crippen LogP) is 3.53. The van der Waals surface area contributed by atoms with Crippen molar-refractivity contribution in [2.45, 2.75) is 13.0 Å². The number of ether oxygens (including phenoxy) is 1. The Morgan fingerprint density at radius 2 is 2.04 bits per heavy atom. The number of aromatic amines is 1. The third-order valence-corrected chi connectivity index (χ3v) is 3.53. The Balaban J connectivity index is 1.63. The van der Waals surface area contributed by atoms with Gasteiger partial charge >= 0.3 is 0 Å². The lowest BCUT2D eigenvalue weighted by Crippen LogP contribution is -2.30. The highest BCUT2D eigenvalue weighted by Crippen LogP contribution is 2.20. The summed E-state index contributed by atoms with van der Waals surface area (Å²) in [7, 11) is 0. The van der Waals surface area contributed by atoms with E-state index in [1.165, 1.54) is 0 Å². The highest BCUT2D eigenvalue weighted by atomic mass is 35.5. The third-order valence-electron chi connectivity index (χ3n) is 3.30. The van der Waals surface area contributed by atoms with Gasteiger partial charge in [0.2, 0.25) is 0 Å². The number of nitrogens with one attached hydrogen (secondary N) is 2. The summed E-state index contributed by atoms with van der Waals surface area (Å²) in [5.74, 6) is 0.653. The summed E-state index contributed by atoms with van der Waals surface area (Å²) < 4.78 is 5.58. The fourth-order valence-electron chi connectivity index (χ4n) is 2.09. The zero-order valence-electron chi connectivity index (χ0n) is 12.9. The van der Waals surface area contributed by atoms with Gasteiger partial charge in [-0.25, -0.2) is 0 Å². The molecule has 3 aromatic rings. The average Bonchev–Trinajstić information content (AvgIpc) is 3.04. The first-order chi connectivity index (χ1) is 11.6. The van der Waals surface area contributed by atoms with Gasteiger partial charge in [0.25, 0.3) is 5.91 Å². The van der Waals surface area contributed by atoms with Gasteiger partial charge in [-0.3, -0.25) is 14.9 Å². The number of hydrogen-bond donors (Lipinski definition) is 2. The fourth-order valence-corrected chi connectivity index (χ4v) is 2.27. The number of pyridine rings is 1. The number of nitrogens with zero attached hydrogens (tertiary/aromatic N) is 2. The lowest BCUT2D eigenvalue weighted by molar-refractivity contribution is -0.122. The summed E-state index contributed by atoms with van der Waals surface area (Å²) in [5, 5.41) is 10.2. The molecule has 2 heterocycles. The molecule has 0 bridgehead atoms. The number of carbonyl (C=O) groups is 1. The topological polar surface area (TPSA) is 79.9 Å². The standard InChI is InChI=1S/C17H15ClN4O2/c1-11(24-14-4-2-3-13(18)9-14)17(23)20-16-10-15(21-22-16)12-5-7-19-8-6-12/h2-11H,1H3,(H2,20,21,22,23). The van der Waals surface area contributed by atoms with Gasteiger partial charge in [0.05, 0.1) is 5.69 Å². The molecule has 0 radical (unpaired) electrons. The lowest BCUT2D eigenvalue weighted by atomic mass is 10.2.